The molecule has 114 valence electrons. The topological polar surface area (TPSA) is 101 Å². The van der Waals surface area contributed by atoms with E-state index in [0.717, 1.165) is 0 Å². The van der Waals surface area contributed by atoms with Crippen LogP contribution in [0, 0.1) is 0 Å². The van der Waals surface area contributed by atoms with Crippen LogP contribution in [0.5, 0.6) is 5.88 Å². The minimum atomic E-state index is -0.964. The summed E-state index contributed by atoms with van der Waals surface area (Å²) in [6, 6.07) is 2.46. The third-order valence-electron chi connectivity index (χ3n) is 3.10. The fourth-order valence-electron chi connectivity index (χ4n) is 2.06. The van der Waals surface area contributed by atoms with E-state index in [1.54, 1.807) is 12.1 Å². The number of aliphatic carboxylic acids is 1. The van der Waals surface area contributed by atoms with Crippen LogP contribution in [-0.2, 0) is 9.53 Å². The zero-order valence-electron chi connectivity index (χ0n) is 11.6. The third kappa shape index (κ3) is 4.06. The average molecular weight is 295 g/mol. The molecule has 1 aromatic rings. The fourth-order valence-corrected chi connectivity index (χ4v) is 2.06. The van der Waals surface area contributed by atoms with E-state index >= 15 is 0 Å². The van der Waals surface area contributed by atoms with Crippen molar-refractivity contribution in [2.24, 2.45) is 0 Å². The molecule has 0 saturated carbocycles. The summed E-state index contributed by atoms with van der Waals surface area (Å²) >= 11 is 0. The van der Waals surface area contributed by atoms with Crippen molar-refractivity contribution in [3.05, 3.63) is 18.3 Å². The molecule has 0 radical (unpaired) electrons. The molecule has 21 heavy (non-hydrogen) atoms. The van der Waals surface area contributed by atoms with Gasteiger partial charge in [0.1, 0.15) is 0 Å². The SMILES string of the molecule is COc1ccc(NC(=O)N2CCOCC2CC(=O)O)cn1. The van der Waals surface area contributed by atoms with Gasteiger partial charge in [-0.25, -0.2) is 9.78 Å². The van der Waals surface area contributed by atoms with Gasteiger partial charge in [-0.3, -0.25) is 4.79 Å². The highest BCUT2D eigenvalue weighted by Gasteiger charge is 2.29. The summed E-state index contributed by atoms with van der Waals surface area (Å²) in [6.07, 6.45) is 1.33. The molecule has 0 aliphatic carbocycles. The Labute approximate surface area is 121 Å². The largest absolute Gasteiger partial charge is 0.481 e. The van der Waals surface area contributed by atoms with Gasteiger partial charge in [-0.15, -0.1) is 0 Å². The Morgan fingerprint density at radius 2 is 2.38 bits per heavy atom. The van der Waals surface area contributed by atoms with Gasteiger partial charge in [0.15, 0.2) is 0 Å². The van der Waals surface area contributed by atoms with Crippen molar-refractivity contribution in [3.63, 3.8) is 0 Å². The molecule has 2 amide bonds. The summed E-state index contributed by atoms with van der Waals surface area (Å²) in [4.78, 5) is 28.5. The third-order valence-corrected chi connectivity index (χ3v) is 3.10. The average Bonchev–Trinajstić information content (AvgIpc) is 2.48. The normalized spacial score (nSPS) is 18.1. The van der Waals surface area contributed by atoms with Crippen molar-refractivity contribution < 1.29 is 24.2 Å². The summed E-state index contributed by atoms with van der Waals surface area (Å²) in [6.45, 7) is 0.971. The molecule has 1 saturated heterocycles. The minimum Gasteiger partial charge on any atom is -0.481 e. The van der Waals surface area contributed by atoms with Gasteiger partial charge in [0.2, 0.25) is 5.88 Å². The smallest absolute Gasteiger partial charge is 0.322 e. The molecule has 1 atom stereocenters. The number of amides is 2. The summed E-state index contributed by atoms with van der Waals surface area (Å²) in [5.74, 6) is -0.516. The fraction of sp³-hybridized carbons (Fsp3) is 0.462. The first-order chi connectivity index (χ1) is 10.1. The summed E-state index contributed by atoms with van der Waals surface area (Å²) in [5.41, 5.74) is 0.515. The molecule has 1 fully saturated rings. The van der Waals surface area contributed by atoms with Crippen LogP contribution in [0.4, 0.5) is 10.5 Å². The molecule has 2 N–H and O–H groups in total. The number of anilines is 1. The Hall–Kier alpha value is -2.35. The number of ether oxygens (including phenoxy) is 2. The standard InChI is InChI=1S/C13H17N3O5/c1-20-11-3-2-9(7-14-11)15-13(19)16-4-5-21-8-10(16)6-12(17)18/h2-3,7,10H,4-6,8H2,1H3,(H,15,19)(H,17,18). The lowest BCUT2D eigenvalue weighted by molar-refractivity contribution is -0.139. The van der Waals surface area contributed by atoms with Crippen LogP contribution in [0.3, 0.4) is 0 Å². The second-order valence-electron chi connectivity index (χ2n) is 4.54. The molecule has 8 heteroatoms. The first kappa shape index (κ1) is 15.0. The lowest BCUT2D eigenvalue weighted by Crippen LogP contribution is -2.51. The van der Waals surface area contributed by atoms with Crippen LogP contribution in [0.2, 0.25) is 0 Å². The molecular weight excluding hydrogens is 278 g/mol. The van der Waals surface area contributed by atoms with Crippen molar-refractivity contribution in [1.29, 1.82) is 0 Å². The van der Waals surface area contributed by atoms with E-state index in [4.69, 9.17) is 14.6 Å². The first-order valence-electron chi connectivity index (χ1n) is 6.47. The maximum absolute atomic E-state index is 12.2. The number of nitrogens with one attached hydrogen (secondary N) is 1. The molecule has 1 aromatic heterocycles. The number of carboxylic acid groups (broad SMARTS) is 1. The predicted octanol–water partition coefficient (Wildman–Crippen LogP) is 0.798. The number of carbonyl (C=O) groups is 2. The number of pyridine rings is 1. The summed E-state index contributed by atoms with van der Waals surface area (Å²) in [7, 11) is 1.50. The summed E-state index contributed by atoms with van der Waals surface area (Å²) in [5, 5.41) is 11.6. The van der Waals surface area contributed by atoms with Crippen molar-refractivity contribution in [2.75, 3.05) is 32.2 Å². The summed E-state index contributed by atoms with van der Waals surface area (Å²) < 4.78 is 10.2. The lowest BCUT2D eigenvalue weighted by Gasteiger charge is -2.34. The van der Waals surface area contributed by atoms with Crippen LogP contribution in [0.25, 0.3) is 0 Å². The van der Waals surface area contributed by atoms with Gasteiger partial charge in [0.05, 0.1) is 44.7 Å². The highest BCUT2D eigenvalue weighted by molar-refractivity contribution is 5.89. The Balaban J connectivity index is 2.00. The number of morpholine rings is 1. The number of carboxylic acids is 1. The van der Waals surface area contributed by atoms with Crippen molar-refractivity contribution >= 4 is 17.7 Å². The van der Waals surface area contributed by atoms with Crippen molar-refractivity contribution in [1.82, 2.24) is 9.88 Å². The highest BCUT2D eigenvalue weighted by Crippen LogP contribution is 2.15. The molecule has 0 aromatic carbocycles. The molecule has 2 rings (SSSR count). The molecule has 1 aliphatic heterocycles. The predicted molar refractivity (Wildman–Crippen MR) is 73.4 cm³/mol. The van der Waals surface area contributed by atoms with Crippen LogP contribution < -0.4 is 10.1 Å². The molecule has 0 bridgehead atoms. The van der Waals surface area contributed by atoms with Gasteiger partial charge in [-0.1, -0.05) is 0 Å². The molecule has 0 spiro atoms. The van der Waals surface area contributed by atoms with E-state index in [1.165, 1.54) is 18.2 Å². The number of nitrogens with zero attached hydrogens (tertiary/aromatic N) is 2. The zero-order valence-corrected chi connectivity index (χ0v) is 11.6. The Morgan fingerprint density at radius 1 is 1.57 bits per heavy atom. The van der Waals surface area contributed by atoms with Crippen molar-refractivity contribution in [3.8, 4) is 5.88 Å². The molecule has 2 heterocycles. The number of hydrogen-bond donors (Lipinski definition) is 2. The van der Waals surface area contributed by atoms with Gasteiger partial charge < -0.3 is 24.8 Å². The monoisotopic (exact) mass is 295 g/mol. The van der Waals surface area contributed by atoms with Gasteiger partial charge in [-0.05, 0) is 6.07 Å². The van der Waals surface area contributed by atoms with Crippen LogP contribution >= 0.6 is 0 Å². The molecule has 1 unspecified atom stereocenters. The lowest BCUT2D eigenvalue weighted by atomic mass is 10.1. The van der Waals surface area contributed by atoms with E-state index in [0.29, 0.717) is 24.7 Å². The van der Waals surface area contributed by atoms with E-state index in [-0.39, 0.29) is 19.1 Å². The Kier molecular flexibility index (Phi) is 4.94. The zero-order chi connectivity index (χ0) is 15.2. The number of urea groups is 1. The molecular formula is C13H17N3O5. The van der Waals surface area contributed by atoms with E-state index in [2.05, 4.69) is 10.3 Å². The number of hydrogen-bond acceptors (Lipinski definition) is 5. The molecule has 8 nitrogen and oxygen atoms in total. The second kappa shape index (κ2) is 6.89. The Bertz CT molecular complexity index is 505. The van der Waals surface area contributed by atoms with Crippen LogP contribution in [0.1, 0.15) is 6.42 Å². The minimum absolute atomic E-state index is 0.145. The number of rotatable bonds is 4. The van der Waals surface area contributed by atoms with Gasteiger partial charge in [0, 0.05) is 12.6 Å². The van der Waals surface area contributed by atoms with Crippen LogP contribution in [0.15, 0.2) is 18.3 Å². The number of carbonyl (C=O) groups excluding carboxylic acids is 1. The number of methoxy groups -OCH3 is 1. The second-order valence-corrected chi connectivity index (χ2v) is 4.54. The Morgan fingerprint density at radius 3 is 3.00 bits per heavy atom. The first-order valence-corrected chi connectivity index (χ1v) is 6.47. The number of aromatic nitrogens is 1. The van der Waals surface area contributed by atoms with E-state index in [9.17, 15) is 9.59 Å². The van der Waals surface area contributed by atoms with E-state index in [1.807, 2.05) is 0 Å². The van der Waals surface area contributed by atoms with Crippen LogP contribution in [-0.4, -0.2) is 59.9 Å². The highest BCUT2D eigenvalue weighted by atomic mass is 16.5. The van der Waals surface area contributed by atoms with E-state index < -0.39 is 12.0 Å². The maximum atomic E-state index is 12.2. The van der Waals surface area contributed by atoms with Gasteiger partial charge in [-0.2, -0.15) is 0 Å². The van der Waals surface area contributed by atoms with Gasteiger partial charge >= 0.3 is 12.0 Å². The van der Waals surface area contributed by atoms with Gasteiger partial charge in [0.25, 0.3) is 0 Å². The maximum Gasteiger partial charge on any atom is 0.322 e. The van der Waals surface area contributed by atoms with Crippen molar-refractivity contribution in [2.45, 2.75) is 12.5 Å². The quantitative estimate of drug-likeness (QED) is 0.852. The molecule has 1 aliphatic rings.